The molecule has 0 aromatic carbocycles. The number of carbonyl (C=O) groups is 1. The van der Waals surface area contributed by atoms with Gasteiger partial charge in [0.05, 0.1) is 5.92 Å². The van der Waals surface area contributed by atoms with E-state index in [1.165, 1.54) is 6.92 Å². The number of pyridine rings is 1. The van der Waals surface area contributed by atoms with Crippen LogP contribution in [0, 0.1) is 5.92 Å². The lowest BCUT2D eigenvalue weighted by Crippen LogP contribution is -2.33. The Morgan fingerprint density at radius 1 is 1.43 bits per heavy atom. The third-order valence-corrected chi connectivity index (χ3v) is 4.49. The monoisotopic (exact) mass is 326 g/mol. The maximum atomic E-state index is 12.3. The molecule has 1 atom stereocenters. The maximum absolute atomic E-state index is 12.3. The van der Waals surface area contributed by atoms with Gasteiger partial charge in [0, 0.05) is 19.8 Å². The minimum absolute atomic E-state index is 0.307. The first-order chi connectivity index (χ1) is 9.46. The average molecular weight is 326 g/mol. The Balaban J connectivity index is 3.00. The number of aromatic nitrogens is 1. The van der Waals surface area contributed by atoms with Gasteiger partial charge in [0.1, 0.15) is 10.6 Å². The van der Waals surface area contributed by atoms with Crippen LogP contribution in [-0.2, 0) is 21.0 Å². The van der Waals surface area contributed by atoms with E-state index >= 15 is 0 Å². The minimum Gasteiger partial charge on any atom is -0.481 e. The summed E-state index contributed by atoms with van der Waals surface area (Å²) in [5, 5.41) is 8.73. The molecule has 0 radical (unpaired) electrons. The summed E-state index contributed by atoms with van der Waals surface area (Å²) in [6, 6.07) is 1.34. The van der Waals surface area contributed by atoms with Gasteiger partial charge < -0.3 is 5.11 Å². The standard InChI is InChI=1S/C11H13F3N2O4S/c1-7(10(17)18)6-16(2)21(19,20)8-3-4-9(15-5-8)11(12,13)14/h3-5,7H,6H2,1-2H3,(H,17,18). The van der Waals surface area contributed by atoms with Crippen LogP contribution in [0.1, 0.15) is 12.6 Å². The number of hydrogen-bond donors (Lipinski definition) is 1. The van der Waals surface area contributed by atoms with E-state index < -0.39 is 38.7 Å². The van der Waals surface area contributed by atoms with Crippen molar-refractivity contribution in [3.05, 3.63) is 24.0 Å². The normalized spacial score (nSPS) is 14.2. The van der Waals surface area contributed by atoms with Crippen molar-refractivity contribution in [1.82, 2.24) is 9.29 Å². The summed E-state index contributed by atoms with van der Waals surface area (Å²) in [5.74, 6) is -2.13. The Morgan fingerprint density at radius 3 is 2.38 bits per heavy atom. The van der Waals surface area contributed by atoms with Crippen LogP contribution in [-0.4, -0.2) is 42.4 Å². The third-order valence-electron chi connectivity index (χ3n) is 2.69. The van der Waals surface area contributed by atoms with Crippen LogP contribution < -0.4 is 0 Å². The maximum Gasteiger partial charge on any atom is 0.433 e. The van der Waals surface area contributed by atoms with Crippen molar-refractivity contribution in [2.45, 2.75) is 18.0 Å². The van der Waals surface area contributed by atoms with E-state index in [9.17, 15) is 26.4 Å². The van der Waals surface area contributed by atoms with E-state index in [0.717, 1.165) is 17.4 Å². The quantitative estimate of drug-likeness (QED) is 0.885. The number of carboxylic acid groups (broad SMARTS) is 1. The lowest BCUT2D eigenvalue weighted by molar-refractivity contribution is -0.142. The number of carboxylic acids is 1. The second-order valence-electron chi connectivity index (χ2n) is 4.40. The van der Waals surface area contributed by atoms with Crippen molar-refractivity contribution >= 4 is 16.0 Å². The van der Waals surface area contributed by atoms with Gasteiger partial charge in [0.15, 0.2) is 0 Å². The first kappa shape index (κ1) is 17.4. The van der Waals surface area contributed by atoms with Crippen molar-refractivity contribution in [2.24, 2.45) is 5.92 Å². The number of hydrogen-bond acceptors (Lipinski definition) is 4. The number of nitrogens with zero attached hydrogens (tertiary/aromatic N) is 2. The molecule has 1 aromatic rings. The molecule has 0 saturated carbocycles. The van der Waals surface area contributed by atoms with Crippen molar-refractivity contribution in [3.63, 3.8) is 0 Å². The van der Waals surface area contributed by atoms with Gasteiger partial charge in [-0.25, -0.2) is 12.7 Å². The van der Waals surface area contributed by atoms with Crippen molar-refractivity contribution < 1.29 is 31.5 Å². The van der Waals surface area contributed by atoms with Gasteiger partial charge in [-0.1, -0.05) is 6.92 Å². The van der Waals surface area contributed by atoms with Gasteiger partial charge in [-0.15, -0.1) is 0 Å². The molecule has 0 spiro atoms. The van der Waals surface area contributed by atoms with Crippen LogP contribution in [0.5, 0.6) is 0 Å². The van der Waals surface area contributed by atoms with Crippen LogP contribution in [0.3, 0.4) is 0 Å². The molecule has 1 N–H and O–H groups in total. The fraction of sp³-hybridized carbons (Fsp3) is 0.455. The summed E-state index contributed by atoms with van der Waals surface area (Å²) < 4.78 is 61.9. The van der Waals surface area contributed by atoms with Crippen molar-refractivity contribution in [3.8, 4) is 0 Å². The number of rotatable bonds is 5. The Hall–Kier alpha value is -1.68. The summed E-state index contributed by atoms with van der Waals surface area (Å²) in [6.07, 6.45) is -4.06. The molecule has 21 heavy (non-hydrogen) atoms. The fourth-order valence-electron chi connectivity index (χ4n) is 1.44. The summed E-state index contributed by atoms with van der Waals surface area (Å²) >= 11 is 0. The number of halogens is 3. The van der Waals surface area contributed by atoms with Gasteiger partial charge in [-0.05, 0) is 12.1 Å². The molecule has 0 saturated heterocycles. The molecule has 1 heterocycles. The lowest BCUT2D eigenvalue weighted by atomic mass is 10.2. The number of aliphatic carboxylic acids is 1. The average Bonchev–Trinajstić information content (AvgIpc) is 2.37. The molecular formula is C11H13F3N2O4S. The second kappa shape index (κ2) is 5.98. The molecule has 0 fully saturated rings. The van der Waals surface area contributed by atoms with E-state index in [4.69, 9.17) is 5.11 Å². The largest absolute Gasteiger partial charge is 0.481 e. The van der Waals surface area contributed by atoms with Gasteiger partial charge in [0.25, 0.3) is 0 Å². The SMILES string of the molecule is CC(CN(C)S(=O)(=O)c1ccc(C(F)(F)F)nc1)C(=O)O. The van der Waals surface area contributed by atoms with Crippen molar-refractivity contribution in [2.75, 3.05) is 13.6 Å². The molecule has 118 valence electrons. The van der Waals surface area contributed by atoms with Crippen molar-refractivity contribution in [1.29, 1.82) is 0 Å². The Bertz CT molecular complexity index is 613. The molecule has 0 aliphatic carbocycles. The molecular weight excluding hydrogens is 313 g/mol. The Morgan fingerprint density at radius 2 is 2.00 bits per heavy atom. The molecule has 1 aromatic heterocycles. The van der Waals surface area contributed by atoms with Crippen LogP contribution >= 0.6 is 0 Å². The Kier molecular flexibility index (Phi) is 4.95. The Labute approximate surface area is 119 Å². The van der Waals surface area contributed by atoms with Crippen LogP contribution in [0.2, 0.25) is 0 Å². The topological polar surface area (TPSA) is 87.6 Å². The summed E-state index contributed by atoms with van der Waals surface area (Å²) in [6.45, 7) is 1.01. The highest BCUT2D eigenvalue weighted by Gasteiger charge is 2.33. The molecule has 10 heteroatoms. The zero-order valence-electron chi connectivity index (χ0n) is 11.1. The molecule has 1 unspecified atom stereocenters. The fourth-order valence-corrected chi connectivity index (χ4v) is 2.65. The van der Waals surface area contributed by atoms with E-state index in [-0.39, 0.29) is 6.54 Å². The van der Waals surface area contributed by atoms with E-state index in [1.807, 2.05) is 0 Å². The van der Waals surface area contributed by atoms with Gasteiger partial charge in [0.2, 0.25) is 10.0 Å². The lowest BCUT2D eigenvalue weighted by Gasteiger charge is -2.19. The number of alkyl halides is 3. The molecule has 0 aliphatic rings. The van der Waals surface area contributed by atoms with Crippen LogP contribution in [0.4, 0.5) is 13.2 Å². The zero-order chi connectivity index (χ0) is 16.4. The molecule has 0 aliphatic heterocycles. The molecule has 0 bridgehead atoms. The van der Waals surface area contributed by atoms with Gasteiger partial charge in [-0.3, -0.25) is 9.78 Å². The number of sulfonamides is 1. The van der Waals surface area contributed by atoms with Gasteiger partial charge in [-0.2, -0.15) is 13.2 Å². The smallest absolute Gasteiger partial charge is 0.433 e. The molecule has 6 nitrogen and oxygen atoms in total. The van der Waals surface area contributed by atoms with Gasteiger partial charge >= 0.3 is 12.1 Å². The predicted octanol–water partition coefficient (Wildman–Crippen LogP) is 1.44. The highest BCUT2D eigenvalue weighted by atomic mass is 32.2. The highest BCUT2D eigenvalue weighted by molar-refractivity contribution is 7.89. The predicted molar refractivity (Wildman–Crippen MR) is 65.9 cm³/mol. The van der Waals surface area contributed by atoms with E-state index in [2.05, 4.69) is 4.98 Å². The summed E-state index contributed by atoms with van der Waals surface area (Å²) in [7, 11) is -2.94. The summed E-state index contributed by atoms with van der Waals surface area (Å²) in [4.78, 5) is 13.3. The van der Waals surface area contributed by atoms with E-state index in [0.29, 0.717) is 12.3 Å². The molecule has 1 rings (SSSR count). The highest BCUT2D eigenvalue weighted by Crippen LogP contribution is 2.28. The zero-order valence-corrected chi connectivity index (χ0v) is 11.9. The minimum atomic E-state index is -4.66. The third kappa shape index (κ3) is 4.14. The van der Waals surface area contributed by atoms with Crippen LogP contribution in [0.15, 0.2) is 23.2 Å². The van der Waals surface area contributed by atoms with E-state index in [1.54, 1.807) is 0 Å². The first-order valence-electron chi connectivity index (χ1n) is 5.68. The van der Waals surface area contributed by atoms with Crippen LogP contribution in [0.25, 0.3) is 0 Å². The first-order valence-corrected chi connectivity index (χ1v) is 7.12. The molecule has 0 amide bonds. The second-order valence-corrected chi connectivity index (χ2v) is 6.45. The summed E-state index contributed by atoms with van der Waals surface area (Å²) in [5.41, 5.74) is -1.21.